The summed E-state index contributed by atoms with van der Waals surface area (Å²) in [6.07, 6.45) is -14.1. The summed E-state index contributed by atoms with van der Waals surface area (Å²) in [6, 6.07) is -29.7. The van der Waals surface area contributed by atoms with E-state index >= 15 is 0 Å². The summed E-state index contributed by atoms with van der Waals surface area (Å²) >= 11 is 0. The second kappa shape index (κ2) is 5.44. The fourth-order valence-electron chi connectivity index (χ4n) is 1.67. The minimum Gasteiger partial charge on any atom is -0.212 e. The summed E-state index contributed by atoms with van der Waals surface area (Å²) in [5.41, 5.74) is 0. The van der Waals surface area contributed by atoms with Crippen LogP contribution in [0, 0.1) is 0 Å². The molecule has 0 radical (unpaired) electrons. The Hall–Kier alpha value is -1.62. The molecule has 2 nitrogen and oxygen atoms in total. The van der Waals surface area contributed by atoms with E-state index in [1.807, 2.05) is 0 Å². The van der Waals surface area contributed by atoms with Crippen LogP contribution in [0.4, 0.5) is 70.2 Å². The quantitative estimate of drug-likeness (QED) is 0.421. The molecule has 0 aromatic rings. The van der Waals surface area contributed by atoms with E-state index in [1.54, 1.807) is 0 Å². The number of alkyl halides is 14. The van der Waals surface area contributed by atoms with Crippen LogP contribution < -0.4 is 0 Å². The van der Waals surface area contributed by atoms with Gasteiger partial charge in [0.15, 0.2) is 0 Å². The van der Waals surface area contributed by atoms with Crippen molar-refractivity contribution >= 4 is 0 Å². The number of hydrogen-bond donors (Lipinski definition) is 0. The molecule has 0 saturated carbocycles. The highest BCUT2D eigenvalue weighted by Gasteiger charge is 2.90. The van der Waals surface area contributed by atoms with Crippen molar-refractivity contribution in [2.75, 3.05) is 0 Å². The van der Waals surface area contributed by atoms with Crippen LogP contribution in [0.1, 0.15) is 0 Å². The van der Waals surface area contributed by atoms with Gasteiger partial charge in [-0.3, -0.25) is 0 Å². The zero-order valence-electron chi connectivity index (χ0n) is 10.9. The maximum atomic E-state index is 13.3. The van der Waals surface area contributed by atoms with Gasteiger partial charge in [0, 0.05) is 0 Å². The summed E-state index contributed by atoms with van der Waals surface area (Å²) in [6.45, 7) is 0. The second-order valence-electron chi connectivity index (χ2n) is 4.41. The number of allylic oxidation sites excluding steroid dienone is 1. The van der Waals surface area contributed by atoms with Crippen LogP contribution >= 0.6 is 0 Å². The van der Waals surface area contributed by atoms with Crippen molar-refractivity contribution in [3.05, 3.63) is 11.8 Å². The first kappa shape index (κ1) is 22.4. The fourth-order valence-corrected chi connectivity index (χ4v) is 1.67. The maximum Gasteiger partial charge on any atom is 0.470 e. The third-order valence-corrected chi connectivity index (χ3v) is 2.73. The molecular weight excluding hydrogens is 428 g/mol. The van der Waals surface area contributed by atoms with Gasteiger partial charge in [-0.1, -0.05) is 4.90 Å². The molecule has 1 saturated heterocycles. The largest absolute Gasteiger partial charge is 0.470 e. The van der Waals surface area contributed by atoms with Crippen molar-refractivity contribution in [2.45, 2.75) is 36.7 Å². The molecule has 0 aliphatic carbocycles. The van der Waals surface area contributed by atoms with Gasteiger partial charge in [-0.2, -0.15) is 70.2 Å². The minimum absolute atomic E-state index is 3.69. The molecule has 0 spiro atoms. The van der Waals surface area contributed by atoms with E-state index in [1.165, 1.54) is 0 Å². The lowest BCUT2D eigenvalue weighted by Gasteiger charge is -2.53. The molecule has 0 N–H and O–H groups in total. The third-order valence-electron chi connectivity index (χ3n) is 2.73. The van der Waals surface area contributed by atoms with Crippen LogP contribution in [-0.4, -0.2) is 46.5 Å². The molecule has 1 heterocycles. The molecular formula is C8F16N2. The van der Waals surface area contributed by atoms with Crippen molar-refractivity contribution in [2.24, 2.45) is 0 Å². The second-order valence-corrected chi connectivity index (χ2v) is 4.41. The van der Waals surface area contributed by atoms with E-state index < -0.39 is 58.2 Å². The topological polar surface area (TPSA) is 6.48 Å². The molecule has 1 fully saturated rings. The molecule has 0 aromatic carbocycles. The first-order valence-electron chi connectivity index (χ1n) is 5.37. The number of nitrogens with zero attached hydrogens (tertiary/aromatic N) is 2. The zero-order valence-corrected chi connectivity index (χ0v) is 10.9. The third kappa shape index (κ3) is 2.81. The Morgan fingerprint density at radius 2 is 0.885 bits per heavy atom. The summed E-state index contributed by atoms with van der Waals surface area (Å²) in [7, 11) is 0. The number of rotatable bonds is 1. The van der Waals surface area contributed by atoms with Crippen LogP contribution in [0.5, 0.6) is 0 Å². The van der Waals surface area contributed by atoms with Gasteiger partial charge in [-0.05, 0) is 0 Å². The van der Waals surface area contributed by atoms with Crippen LogP contribution in [-0.2, 0) is 0 Å². The predicted octanol–water partition coefficient (Wildman–Crippen LogP) is 5.17. The van der Waals surface area contributed by atoms with Gasteiger partial charge >= 0.3 is 36.7 Å². The molecule has 1 rings (SSSR count). The van der Waals surface area contributed by atoms with Crippen molar-refractivity contribution in [1.82, 2.24) is 9.80 Å². The monoisotopic (exact) mass is 428 g/mol. The minimum atomic E-state index is -7.46. The molecule has 1 aliphatic heterocycles. The molecule has 0 atom stereocenters. The van der Waals surface area contributed by atoms with Gasteiger partial charge in [0.1, 0.15) is 0 Å². The molecule has 0 unspecified atom stereocenters. The van der Waals surface area contributed by atoms with E-state index in [-0.39, 0.29) is 0 Å². The van der Waals surface area contributed by atoms with Crippen LogP contribution in [0.25, 0.3) is 0 Å². The highest BCUT2D eigenvalue weighted by molar-refractivity contribution is 5.15. The van der Waals surface area contributed by atoms with E-state index in [9.17, 15) is 70.2 Å². The number of piperazine rings is 1. The van der Waals surface area contributed by atoms with Crippen LogP contribution in [0.2, 0.25) is 0 Å². The summed E-state index contributed by atoms with van der Waals surface area (Å²) < 4.78 is 204. The Balaban J connectivity index is 3.88. The highest BCUT2D eigenvalue weighted by Crippen LogP contribution is 2.62. The first-order valence-corrected chi connectivity index (χ1v) is 5.37. The lowest BCUT2D eigenvalue weighted by molar-refractivity contribution is -0.547. The Bertz CT molecular complexity index is 568. The van der Waals surface area contributed by atoms with Crippen LogP contribution in [0.15, 0.2) is 11.8 Å². The Morgan fingerprint density at radius 3 is 1.12 bits per heavy atom. The zero-order chi connectivity index (χ0) is 21.3. The van der Waals surface area contributed by atoms with Gasteiger partial charge in [0.05, 0.1) is 0 Å². The summed E-state index contributed by atoms with van der Waals surface area (Å²) in [4.78, 5) is -7.66. The van der Waals surface area contributed by atoms with E-state index in [2.05, 4.69) is 0 Å². The Kier molecular flexibility index (Phi) is 4.69. The maximum absolute atomic E-state index is 13.3. The number of hydrogen-bond acceptors (Lipinski definition) is 2. The predicted molar refractivity (Wildman–Crippen MR) is 44.8 cm³/mol. The van der Waals surface area contributed by atoms with Gasteiger partial charge in [0.2, 0.25) is 5.95 Å². The fraction of sp³-hybridized carbons (Fsp3) is 0.750. The lowest BCUT2D eigenvalue weighted by atomic mass is 10.1. The van der Waals surface area contributed by atoms with Crippen LogP contribution in [0.3, 0.4) is 0 Å². The first-order chi connectivity index (χ1) is 11.1. The molecule has 18 heteroatoms. The van der Waals surface area contributed by atoms with Gasteiger partial charge in [-0.15, -0.1) is 0 Å². The average molecular weight is 428 g/mol. The molecule has 1 aliphatic rings. The van der Waals surface area contributed by atoms with E-state index in [4.69, 9.17) is 0 Å². The number of halogens is 16. The summed E-state index contributed by atoms with van der Waals surface area (Å²) in [5, 5.41) is 0. The molecule has 154 valence electrons. The standard InChI is InChI=1S/C8F16N2/c9-1(3(11,12)13)2(10)25-4(14,15)6(18,19)26(8(22,23)24)7(20,21)5(25,16)17/b2-1+. The van der Waals surface area contributed by atoms with Crippen molar-refractivity contribution < 1.29 is 70.2 Å². The smallest absolute Gasteiger partial charge is 0.212 e. The Morgan fingerprint density at radius 1 is 0.577 bits per heavy atom. The summed E-state index contributed by atoms with van der Waals surface area (Å²) in [5.74, 6) is -9.28. The van der Waals surface area contributed by atoms with E-state index in [0.29, 0.717) is 0 Å². The molecule has 26 heavy (non-hydrogen) atoms. The Labute approximate surface area is 130 Å². The molecule has 0 bridgehead atoms. The van der Waals surface area contributed by atoms with Crippen molar-refractivity contribution in [3.63, 3.8) is 0 Å². The average Bonchev–Trinajstić information content (AvgIpc) is 2.31. The lowest BCUT2D eigenvalue weighted by Crippen LogP contribution is -2.82. The van der Waals surface area contributed by atoms with Crippen molar-refractivity contribution in [3.8, 4) is 0 Å². The molecule has 0 amide bonds. The SMILES string of the molecule is F/C(=C(\F)C(F)(F)F)N1C(F)(F)C(F)(F)N(C(F)(F)F)C(F)(F)C1(F)F. The molecule has 0 aromatic heterocycles. The van der Waals surface area contributed by atoms with Gasteiger partial charge < -0.3 is 0 Å². The highest BCUT2D eigenvalue weighted by atomic mass is 19.4. The van der Waals surface area contributed by atoms with Gasteiger partial charge in [-0.25, -0.2) is 4.90 Å². The van der Waals surface area contributed by atoms with E-state index in [0.717, 1.165) is 0 Å². The van der Waals surface area contributed by atoms with Gasteiger partial charge in [0.25, 0.3) is 5.83 Å². The normalized spacial score (nSPS) is 26.5. The van der Waals surface area contributed by atoms with Crippen molar-refractivity contribution in [1.29, 1.82) is 0 Å².